The molecular formula is C17H27N. The molecule has 100 valence electrons. The molecule has 2 rings (SSSR count). The molecular weight excluding hydrogens is 218 g/mol. The summed E-state index contributed by atoms with van der Waals surface area (Å²) in [6, 6.07) is 8.95. The van der Waals surface area contributed by atoms with Crippen LogP contribution in [0.3, 0.4) is 0 Å². The molecule has 0 unspecified atom stereocenters. The first kappa shape index (κ1) is 13.6. The van der Waals surface area contributed by atoms with Crippen LogP contribution in [0.1, 0.15) is 64.5 Å². The highest BCUT2D eigenvalue weighted by molar-refractivity contribution is 5.33. The van der Waals surface area contributed by atoms with E-state index in [1.165, 1.54) is 30.4 Å². The van der Waals surface area contributed by atoms with Gasteiger partial charge in [0.15, 0.2) is 0 Å². The molecule has 0 spiro atoms. The summed E-state index contributed by atoms with van der Waals surface area (Å²) in [5.41, 5.74) is 9.55. The molecule has 1 saturated carbocycles. The lowest BCUT2D eigenvalue weighted by Gasteiger charge is -2.40. The van der Waals surface area contributed by atoms with Crippen molar-refractivity contribution in [3.8, 4) is 0 Å². The third-order valence-electron chi connectivity index (χ3n) is 4.62. The molecule has 1 aliphatic rings. The number of nitrogens with two attached hydrogens (primary N) is 1. The van der Waals surface area contributed by atoms with Crippen molar-refractivity contribution in [2.45, 2.75) is 64.3 Å². The van der Waals surface area contributed by atoms with Gasteiger partial charge in [-0.05, 0) is 35.3 Å². The van der Waals surface area contributed by atoms with E-state index in [1.807, 2.05) is 0 Å². The molecule has 1 aromatic carbocycles. The van der Waals surface area contributed by atoms with Gasteiger partial charge in [0.2, 0.25) is 0 Å². The zero-order chi connectivity index (χ0) is 13.4. The normalized spacial score (nSPS) is 29.3. The summed E-state index contributed by atoms with van der Waals surface area (Å²) in [5, 5.41) is 0. The van der Waals surface area contributed by atoms with Gasteiger partial charge >= 0.3 is 0 Å². The summed E-state index contributed by atoms with van der Waals surface area (Å²) in [4.78, 5) is 0. The average Bonchev–Trinajstić information content (AvgIpc) is 2.32. The number of rotatable bonds is 1. The Hall–Kier alpha value is -0.820. The molecule has 0 heterocycles. The second-order valence-electron chi connectivity index (χ2n) is 7.02. The molecule has 2 N–H and O–H groups in total. The third kappa shape index (κ3) is 2.47. The van der Waals surface area contributed by atoms with Crippen LogP contribution in [0, 0.1) is 5.92 Å². The minimum absolute atomic E-state index is 0.112. The van der Waals surface area contributed by atoms with Crippen LogP contribution in [0.5, 0.6) is 0 Å². The highest BCUT2D eigenvalue weighted by Crippen LogP contribution is 2.40. The Morgan fingerprint density at radius 3 is 2.56 bits per heavy atom. The first-order chi connectivity index (χ1) is 8.34. The zero-order valence-corrected chi connectivity index (χ0v) is 12.3. The highest BCUT2D eigenvalue weighted by atomic mass is 14.8. The molecule has 1 fully saturated rings. The molecule has 1 aliphatic carbocycles. The van der Waals surface area contributed by atoms with E-state index in [2.05, 4.69) is 52.0 Å². The van der Waals surface area contributed by atoms with Crippen molar-refractivity contribution in [2.75, 3.05) is 0 Å². The first-order valence-electron chi connectivity index (χ1n) is 7.24. The molecule has 1 nitrogen and oxygen atoms in total. The van der Waals surface area contributed by atoms with Gasteiger partial charge in [0, 0.05) is 5.54 Å². The SMILES string of the molecule is C[C@H]1CCCC[C@@]1(N)c1cccc(C(C)(C)C)c1. The van der Waals surface area contributed by atoms with Crippen LogP contribution in [-0.4, -0.2) is 0 Å². The van der Waals surface area contributed by atoms with Crippen molar-refractivity contribution in [3.63, 3.8) is 0 Å². The van der Waals surface area contributed by atoms with Crippen LogP contribution in [0.4, 0.5) is 0 Å². The maximum Gasteiger partial charge on any atom is 0.0435 e. The minimum Gasteiger partial charge on any atom is -0.321 e. The average molecular weight is 245 g/mol. The van der Waals surface area contributed by atoms with Crippen LogP contribution < -0.4 is 5.73 Å². The van der Waals surface area contributed by atoms with Gasteiger partial charge in [-0.15, -0.1) is 0 Å². The van der Waals surface area contributed by atoms with Gasteiger partial charge < -0.3 is 5.73 Å². The van der Waals surface area contributed by atoms with Gasteiger partial charge in [-0.1, -0.05) is 64.8 Å². The van der Waals surface area contributed by atoms with Gasteiger partial charge in [0.1, 0.15) is 0 Å². The fraction of sp³-hybridized carbons (Fsp3) is 0.647. The van der Waals surface area contributed by atoms with Crippen molar-refractivity contribution in [1.29, 1.82) is 0 Å². The zero-order valence-electron chi connectivity index (χ0n) is 12.3. The lowest BCUT2D eigenvalue weighted by Crippen LogP contribution is -2.45. The highest BCUT2D eigenvalue weighted by Gasteiger charge is 2.36. The van der Waals surface area contributed by atoms with E-state index in [0.29, 0.717) is 5.92 Å². The van der Waals surface area contributed by atoms with Gasteiger partial charge in [0.25, 0.3) is 0 Å². The lowest BCUT2D eigenvalue weighted by molar-refractivity contribution is 0.206. The number of benzene rings is 1. The second kappa shape index (κ2) is 4.70. The topological polar surface area (TPSA) is 26.0 Å². The lowest BCUT2D eigenvalue weighted by atomic mass is 9.69. The summed E-state index contributed by atoms with van der Waals surface area (Å²) in [6.45, 7) is 9.10. The van der Waals surface area contributed by atoms with Gasteiger partial charge in [0.05, 0.1) is 0 Å². The summed E-state index contributed by atoms with van der Waals surface area (Å²) in [7, 11) is 0. The Kier molecular flexibility index (Phi) is 3.55. The molecule has 1 aromatic rings. The summed E-state index contributed by atoms with van der Waals surface area (Å²) in [6.07, 6.45) is 4.98. The van der Waals surface area contributed by atoms with Crippen LogP contribution in [0.25, 0.3) is 0 Å². The van der Waals surface area contributed by atoms with Crippen molar-refractivity contribution < 1.29 is 0 Å². The molecule has 2 atom stereocenters. The predicted octanol–water partition coefficient (Wildman–Crippen LogP) is 4.35. The minimum atomic E-state index is -0.112. The van der Waals surface area contributed by atoms with Gasteiger partial charge in [-0.25, -0.2) is 0 Å². The molecule has 18 heavy (non-hydrogen) atoms. The van der Waals surface area contributed by atoms with Crippen LogP contribution in [0.2, 0.25) is 0 Å². The smallest absolute Gasteiger partial charge is 0.0435 e. The molecule has 1 heteroatoms. The van der Waals surface area contributed by atoms with Crippen molar-refractivity contribution in [1.82, 2.24) is 0 Å². The quantitative estimate of drug-likeness (QED) is 0.782. The number of hydrogen-bond acceptors (Lipinski definition) is 1. The molecule has 0 saturated heterocycles. The maximum absolute atomic E-state index is 6.74. The monoisotopic (exact) mass is 245 g/mol. The van der Waals surface area contributed by atoms with E-state index in [1.54, 1.807) is 0 Å². The van der Waals surface area contributed by atoms with Crippen LogP contribution >= 0.6 is 0 Å². The Labute approximate surface area is 112 Å². The van der Waals surface area contributed by atoms with Gasteiger partial charge in [-0.2, -0.15) is 0 Å². The summed E-state index contributed by atoms with van der Waals surface area (Å²) < 4.78 is 0. The second-order valence-corrected chi connectivity index (χ2v) is 7.02. The predicted molar refractivity (Wildman–Crippen MR) is 78.6 cm³/mol. The molecule has 0 aromatic heterocycles. The summed E-state index contributed by atoms with van der Waals surface area (Å²) >= 11 is 0. The van der Waals surface area contributed by atoms with Crippen molar-refractivity contribution in [3.05, 3.63) is 35.4 Å². The Balaban J connectivity index is 2.38. The molecule has 0 bridgehead atoms. The number of hydrogen-bond donors (Lipinski definition) is 1. The van der Waals surface area contributed by atoms with Crippen LogP contribution in [-0.2, 0) is 11.0 Å². The standard InChI is InChI=1S/C17H27N/c1-13-8-5-6-11-17(13,18)15-10-7-9-14(12-15)16(2,3)4/h7,9-10,12-13H,5-6,8,11,18H2,1-4H3/t13-,17-/m0/s1. The van der Waals surface area contributed by atoms with Gasteiger partial charge in [-0.3, -0.25) is 0 Å². The van der Waals surface area contributed by atoms with Crippen LogP contribution in [0.15, 0.2) is 24.3 Å². The fourth-order valence-corrected chi connectivity index (χ4v) is 3.08. The molecule has 0 aliphatic heterocycles. The van der Waals surface area contributed by atoms with E-state index >= 15 is 0 Å². The molecule has 0 amide bonds. The third-order valence-corrected chi connectivity index (χ3v) is 4.62. The Morgan fingerprint density at radius 2 is 1.94 bits per heavy atom. The molecule has 0 radical (unpaired) electrons. The maximum atomic E-state index is 6.74. The first-order valence-corrected chi connectivity index (χ1v) is 7.24. The van der Waals surface area contributed by atoms with Crippen molar-refractivity contribution in [2.24, 2.45) is 11.7 Å². The van der Waals surface area contributed by atoms with E-state index in [4.69, 9.17) is 5.73 Å². The summed E-state index contributed by atoms with van der Waals surface area (Å²) in [5.74, 6) is 0.585. The van der Waals surface area contributed by atoms with E-state index < -0.39 is 0 Å². The van der Waals surface area contributed by atoms with E-state index in [-0.39, 0.29) is 11.0 Å². The largest absolute Gasteiger partial charge is 0.321 e. The van der Waals surface area contributed by atoms with E-state index in [9.17, 15) is 0 Å². The fourth-order valence-electron chi connectivity index (χ4n) is 3.08. The van der Waals surface area contributed by atoms with Crippen molar-refractivity contribution >= 4 is 0 Å². The Bertz CT molecular complexity index is 416. The van der Waals surface area contributed by atoms with E-state index in [0.717, 1.165) is 6.42 Å². The Morgan fingerprint density at radius 1 is 1.22 bits per heavy atom.